The summed E-state index contributed by atoms with van der Waals surface area (Å²) in [5.41, 5.74) is 1.96. The highest BCUT2D eigenvalue weighted by atomic mass is 19.1. The van der Waals surface area contributed by atoms with E-state index in [0.717, 1.165) is 23.3 Å². The molecular formula is C18H22FNO2. The highest BCUT2D eigenvalue weighted by Crippen LogP contribution is 2.19. The lowest BCUT2D eigenvalue weighted by molar-refractivity contribution is 0.237. The quantitative estimate of drug-likeness (QED) is 0.786. The van der Waals surface area contributed by atoms with Gasteiger partial charge in [0, 0.05) is 18.2 Å². The molecule has 2 aromatic rings. The Hall–Kier alpha value is -1.91. The van der Waals surface area contributed by atoms with Crippen LogP contribution >= 0.6 is 0 Å². The summed E-state index contributed by atoms with van der Waals surface area (Å²) < 4.78 is 18.7. The van der Waals surface area contributed by atoms with E-state index in [0.29, 0.717) is 13.2 Å². The Morgan fingerprint density at radius 2 is 1.86 bits per heavy atom. The fourth-order valence-electron chi connectivity index (χ4n) is 2.12. The molecule has 0 aliphatic heterocycles. The smallest absolute Gasteiger partial charge is 0.124 e. The third kappa shape index (κ3) is 4.83. The molecule has 0 radical (unpaired) electrons. The Morgan fingerprint density at radius 3 is 2.55 bits per heavy atom. The first-order valence-corrected chi connectivity index (χ1v) is 7.52. The summed E-state index contributed by atoms with van der Waals surface area (Å²) in [5.74, 6) is 0.551. The predicted octanol–water partition coefficient (Wildman–Crippen LogP) is 3.27. The van der Waals surface area contributed by atoms with Crippen molar-refractivity contribution in [3.05, 3.63) is 65.5 Å². The van der Waals surface area contributed by atoms with Gasteiger partial charge in [0.05, 0.1) is 6.61 Å². The molecule has 0 bridgehead atoms. The molecule has 1 atom stereocenters. The molecular weight excluding hydrogens is 281 g/mol. The van der Waals surface area contributed by atoms with Crippen LogP contribution in [0.3, 0.4) is 0 Å². The molecule has 2 rings (SSSR count). The predicted molar refractivity (Wildman–Crippen MR) is 85.2 cm³/mol. The van der Waals surface area contributed by atoms with Crippen LogP contribution in [0.25, 0.3) is 0 Å². The molecule has 0 fully saturated rings. The molecule has 3 nitrogen and oxygen atoms in total. The second kappa shape index (κ2) is 8.51. The molecule has 0 spiro atoms. The van der Waals surface area contributed by atoms with Crippen LogP contribution < -0.4 is 10.1 Å². The van der Waals surface area contributed by atoms with Crippen molar-refractivity contribution in [2.75, 3.05) is 6.61 Å². The summed E-state index contributed by atoms with van der Waals surface area (Å²) in [5, 5.41) is 12.5. The van der Waals surface area contributed by atoms with E-state index >= 15 is 0 Å². The van der Waals surface area contributed by atoms with Gasteiger partial charge < -0.3 is 15.2 Å². The van der Waals surface area contributed by atoms with Crippen molar-refractivity contribution in [2.24, 2.45) is 0 Å². The van der Waals surface area contributed by atoms with Gasteiger partial charge in [-0.3, -0.25) is 0 Å². The Balaban J connectivity index is 1.97. The van der Waals surface area contributed by atoms with E-state index in [1.807, 2.05) is 31.2 Å². The van der Waals surface area contributed by atoms with Crippen molar-refractivity contribution < 1.29 is 14.2 Å². The van der Waals surface area contributed by atoms with E-state index in [-0.39, 0.29) is 18.5 Å². The zero-order valence-corrected chi connectivity index (χ0v) is 12.8. The fourth-order valence-corrected chi connectivity index (χ4v) is 2.12. The number of nitrogens with one attached hydrogen (secondary N) is 1. The van der Waals surface area contributed by atoms with E-state index in [1.165, 1.54) is 12.1 Å². The summed E-state index contributed by atoms with van der Waals surface area (Å²) in [6.45, 7) is 3.19. The van der Waals surface area contributed by atoms with E-state index < -0.39 is 0 Å². The largest absolute Gasteiger partial charge is 0.489 e. The van der Waals surface area contributed by atoms with E-state index in [9.17, 15) is 9.50 Å². The third-order valence-corrected chi connectivity index (χ3v) is 3.57. The normalized spacial score (nSPS) is 12.1. The van der Waals surface area contributed by atoms with Gasteiger partial charge in [-0.2, -0.15) is 0 Å². The number of halogens is 1. The number of aliphatic hydroxyl groups excluding tert-OH is 1. The van der Waals surface area contributed by atoms with Crippen LogP contribution in [0.4, 0.5) is 4.39 Å². The summed E-state index contributed by atoms with van der Waals surface area (Å²) >= 11 is 0. The van der Waals surface area contributed by atoms with Gasteiger partial charge in [0.1, 0.15) is 18.2 Å². The van der Waals surface area contributed by atoms with Gasteiger partial charge >= 0.3 is 0 Å². The van der Waals surface area contributed by atoms with Crippen molar-refractivity contribution in [3.8, 4) is 5.75 Å². The topological polar surface area (TPSA) is 41.5 Å². The summed E-state index contributed by atoms with van der Waals surface area (Å²) in [7, 11) is 0. The standard InChI is InChI=1S/C18H22FNO2/c1-2-17(12-21)20-11-15-5-3-4-6-18(15)22-13-14-7-9-16(19)10-8-14/h3-10,17,20-21H,2,11-13H2,1H3/t17-/m1/s1. The number of aliphatic hydroxyl groups is 1. The first-order valence-electron chi connectivity index (χ1n) is 7.52. The fraction of sp³-hybridized carbons (Fsp3) is 0.333. The Labute approximate surface area is 130 Å². The lowest BCUT2D eigenvalue weighted by Crippen LogP contribution is -2.31. The molecule has 0 saturated heterocycles. The van der Waals surface area contributed by atoms with Gasteiger partial charge in [-0.1, -0.05) is 37.3 Å². The molecule has 0 aliphatic carbocycles. The number of benzene rings is 2. The van der Waals surface area contributed by atoms with E-state index in [2.05, 4.69) is 5.32 Å². The molecule has 2 aromatic carbocycles. The molecule has 118 valence electrons. The molecule has 22 heavy (non-hydrogen) atoms. The zero-order valence-electron chi connectivity index (χ0n) is 12.8. The molecule has 0 amide bonds. The van der Waals surface area contributed by atoms with Gasteiger partial charge in [0.25, 0.3) is 0 Å². The van der Waals surface area contributed by atoms with Crippen LogP contribution in [0, 0.1) is 5.82 Å². The van der Waals surface area contributed by atoms with Gasteiger partial charge in [0.2, 0.25) is 0 Å². The summed E-state index contributed by atoms with van der Waals surface area (Å²) in [4.78, 5) is 0. The van der Waals surface area contributed by atoms with E-state index in [1.54, 1.807) is 12.1 Å². The van der Waals surface area contributed by atoms with Crippen molar-refractivity contribution in [2.45, 2.75) is 32.5 Å². The first-order chi connectivity index (χ1) is 10.7. The number of rotatable bonds is 8. The summed E-state index contributed by atoms with van der Waals surface area (Å²) in [6, 6.07) is 14.2. The van der Waals surface area contributed by atoms with Crippen LogP contribution in [-0.2, 0) is 13.2 Å². The zero-order chi connectivity index (χ0) is 15.8. The van der Waals surface area contributed by atoms with Gasteiger partial charge in [-0.05, 0) is 30.2 Å². The third-order valence-electron chi connectivity index (χ3n) is 3.57. The average Bonchev–Trinajstić information content (AvgIpc) is 2.56. The Morgan fingerprint density at radius 1 is 1.14 bits per heavy atom. The number of ether oxygens (including phenoxy) is 1. The molecule has 0 saturated carbocycles. The van der Waals surface area contributed by atoms with Crippen LogP contribution in [0.5, 0.6) is 5.75 Å². The first kappa shape index (κ1) is 16.5. The minimum Gasteiger partial charge on any atom is -0.489 e. The number of hydrogen-bond acceptors (Lipinski definition) is 3. The van der Waals surface area contributed by atoms with Crippen LogP contribution in [0.2, 0.25) is 0 Å². The highest BCUT2D eigenvalue weighted by molar-refractivity contribution is 5.33. The Kier molecular flexibility index (Phi) is 6.37. The van der Waals surface area contributed by atoms with Crippen molar-refractivity contribution in [3.63, 3.8) is 0 Å². The average molecular weight is 303 g/mol. The Bertz CT molecular complexity index is 568. The van der Waals surface area contributed by atoms with Crippen LogP contribution in [0.1, 0.15) is 24.5 Å². The molecule has 4 heteroatoms. The number of para-hydroxylation sites is 1. The monoisotopic (exact) mass is 303 g/mol. The maximum absolute atomic E-state index is 12.9. The maximum atomic E-state index is 12.9. The van der Waals surface area contributed by atoms with E-state index in [4.69, 9.17) is 4.74 Å². The van der Waals surface area contributed by atoms with Gasteiger partial charge in [-0.25, -0.2) is 4.39 Å². The van der Waals surface area contributed by atoms with Crippen LogP contribution in [-0.4, -0.2) is 17.8 Å². The molecule has 0 aliphatic rings. The second-order valence-electron chi connectivity index (χ2n) is 5.19. The van der Waals surface area contributed by atoms with Crippen molar-refractivity contribution >= 4 is 0 Å². The number of hydrogen-bond donors (Lipinski definition) is 2. The molecule has 2 N–H and O–H groups in total. The lowest BCUT2D eigenvalue weighted by atomic mass is 10.1. The minimum absolute atomic E-state index is 0.0881. The van der Waals surface area contributed by atoms with Gasteiger partial charge in [0.15, 0.2) is 0 Å². The van der Waals surface area contributed by atoms with Crippen LogP contribution in [0.15, 0.2) is 48.5 Å². The molecule has 0 heterocycles. The second-order valence-corrected chi connectivity index (χ2v) is 5.19. The SMILES string of the molecule is CC[C@H](CO)NCc1ccccc1OCc1ccc(F)cc1. The highest BCUT2D eigenvalue weighted by Gasteiger charge is 2.07. The van der Waals surface area contributed by atoms with Crippen molar-refractivity contribution in [1.29, 1.82) is 0 Å². The lowest BCUT2D eigenvalue weighted by Gasteiger charge is -2.16. The van der Waals surface area contributed by atoms with Crippen molar-refractivity contribution in [1.82, 2.24) is 5.32 Å². The summed E-state index contributed by atoms with van der Waals surface area (Å²) in [6.07, 6.45) is 0.870. The molecule has 0 unspecified atom stereocenters. The molecule has 0 aromatic heterocycles. The van der Waals surface area contributed by atoms with Gasteiger partial charge in [-0.15, -0.1) is 0 Å². The maximum Gasteiger partial charge on any atom is 0.124 e. The minimum atomic E-state index is -0.247.